The molecule has 8 nitrogen and oxygen atoms in total. The number of carboxylic acid groups (broad SMARTS) is 1. The number of ether oxygens (including phenoxy) is 2. The van der Waals surface area contributed by atoms with Gasteiger partial charge in [-0.15, -0.1) is 0 Å². The summed E-state index contributed by atoms with van der Waals surface area (Å²) in [6, 6.07) is 15.1. The van der Waals surface area contributed by atoms with Crippen molar-refractivity contribution in [2.75, 3.05) is 20.3 Å². The van der Waals surface area contributed by atoms with E-state index < -0.39 is 24.2 Å². The Morgan fingerprint density at radius 1 is 1.06 bits per heavy atom. The molecule has 0 radical (unpaired) electrons. The van der Waals surface area contributed by atoms with E-state index in [4.69, 9.17) is 9.47 Å². The van der Waals surface area contributed by atoms with Crippen LogP contribution in [0.4, 0.5) is 4.79 Å². The lowest BCUT2D eigenvalue weighted by Gasteiger charge is -2.20. The van der Waals surface area contributed by atoms with Gasteiger partial charge in [-0.25, -0.2) is 9.59 Å². The van der Waals surface area contributed by atoms with Crippen molar-refractivity contribution in [1.82, 2.24) is 10.6 Å². The fourth-order valence-electron chi connectivity index (χ4n) is 4.43. The number of amides is 2. The predicted octanol–water partition coefficient (Wildman–Crippen LogP) is 2.77. The number of carbonyl (C=O) groups excluding carboxylic acids is 2. The van der Waals surface area contributed by atoms with Gasteiger partial charge in [-0.05, 0) is 41.5 Å². The van der Waals surface area contributed by atoms with Crippen LogP contribution in [-0.4, -0.2) is 55.5 Å². The van der Waals surface area contributed by atoms with Gasteiger partial charge >= 0.3 is 12.1 Å². The summed E-state index contributed by atoms with van der Waals surface area (Å²) in [5, 5.41) is 14.5. The molecule has 0 aliphatic heterocycles. The molecule has 0 spiro atoms. The molecule has 1 fully saturated rings. The number of hydrogen-bond acceptors (Lipinski definition) is 5. The number of carboxylic acids is 1. The lowest BCUT2D eigenvalue weighted by Crippen LogP contribution is -2.49. The van der Waals surface area contributed by atoms with E-state index in [0.717, 1.165) is 22.3 Å². The highest BCUT2D eigenvalue weighted by atomic mass is 16.5. The van der Waals surface area contributed by atoms with E-state index in [2.05, 4.69) is 34.9 Å². The Morgan fingerprint density at radius 3 is 2.24 bits per heavy atom. The average Bonchev–Trinajstić information content (AvgIpc) is 3.54. The number of nitrogens with one attached hydrogen (secondary N) is 2. The van der Waals surface area contributed by atoms with E-state index in [9.17, 15) is 19.5 Å². The maximum atomic E-state index is 12.4. The highest BCUT2D eigenvalue weighted by Crippen LogP contribution is 2.44. The number of carbonyl (C=O) groups is 3. The Hall–Kier alpha value is -3.39. The minimum Gasteiger partial charge on any atom is -0.480 e. The van der Waals surface area contributed by atoms with Crippen molar-refractivity contribution in [2.24, 2.45) is 11.8 Å². The molecule has 8 heteroatoms. The van der Waals surface area contributed by atoms with Crippen LogP contribution >= 0.6 is 0 Å². The first kappa shape index (κ1) is 22.8. The summed E-state index contributed by atoms with van der Waals surface area (Å²) >= 11 is 0. The number of methoxy groups -OCH3 is 1. The van der Waals surface area contributed by atoms with E-state index in [1.807, 2.05) is 24.3 Å². The topological polar surface area (TPSA) is 114 Å². The van der Waals surface area contributed by atoms with Gasteiger partial charge in [0.25, 0.3) is 0 Å². The van der Waals surface area contributed by atoms with Gasteiger partial charge in [0.05, 0.1) is 6.10 Å². The molecule has 2 aliphatic rings. The van der Waals surface area contributed by atoms with Crippen molar-refractivity contribution >= 4 is 18.0 Å². The quantitative estimate of drug-likeness (QED) is 0.539. The molecule has 0 aromatic heterocycles. The zero-order chi connectivity index (χ0) is 23.5. The molecule has 174 valence electrons. The van der Waals surface area contributed by atoms with Gasteiger partial charge in [0.2, 0.25) is 5.91 Å². The molecule has 0 heterocycles. The van der Waals surface area contributed by atoms with Gasteiger partial charge in [0, 0.05) is 25.5 Å². The van der Waals surface area contributed by atoms with Crippen molar-refractivity contribution in [3.8, 4) is 11.1 Å². The molecular weight excluding hydrogens is 424 g/mol. The van der Waals surface area contributed by atoms with Gasteiger partial charge in [0.15, 0.2) is 6.04 Å². The number of benzene rings is 2. The summed E-state index contributed by atoms with van der Waals surface area (Å²) in [6.07, 6.45) is -0.592. The molecule has 2 aliphatic carbocycles. The fourth-order valence-corrected chi connectivity index (χ4v) is 4.43. The van der Waals surface area contributed by atoms with Crippen LogP contribution in [0.15, 0.2) is 48.5 Å². The Labute approximate surface area is 192 Å². The highest BCUT2D eigenvalue weighted by Gasteiger charge is 2.44. The van der Waals surface area contributed by atoms with Gasteiger partial charge in [-0.3, -0.25) is 4.79 Å². The Bertz CT molecular complexity index is 1010. The van der Waals surface area contributed by atoms with Crippen LogP contribution in [0.25, 0.3) is 11.1 Å². The first-order chi connectivity index (χ1) is 15.9. The van der Waals surface area contributed by atoms with E-state index in [1.165, 1.54) is 7.11 Å². The van der Waals surface area contributed by atoms with Crippen molar-refractivity contribution < 1.29 is 29.0 Å². The van der Waals surface area contributed by atoms with Crippen LogP contribution in [0.1, 0.15) is 30.4 Å². The maximum Gasteiger partial charge on any atom is 0.407 e. The second kappa shape index (κ2) is 9.62. The van der Waals surface area contributed by atoms with Crippen LogP contribution in [0.3, 0.4) is 0 Å². The zero-order valence-corrected chi connectivity index (χ0v) is 18.6. The summed E-state index contributed by atoms with van der Waals surface area (Å²) < 4.78 is 10.5. The van der Waals surface area contributed by atoms with E-state index >= 15 is 0 Å². The second-order valence-electron chi connectivity index (χ2n) is 8.57. The summed E-state index contributed by atoms with van der Waals surface area (Å²) in [4.78, 5) is 36.0. The monoisotopic (exact) mass is 452 g/mol. The van der Waals surface area contributed by atoms with Crippen LogP contribution in [-0.2, 0) is 19.1 Å². The molecule has 0 saturated heterocycles. The largest absolute Gasteiger partial charge is 0.480 e. The smallest absolute Gasteiger partial charge is 0.407 e. The molecule has 2 aromatic carbocycles. The van der Waals surface area contributed by atoms with Crippen molar-refractivity contribution in [2.45, 2.75) is 31.4 Å². The number of fused-ring (bicyclic) bond motifs is 3. The summed E-state index contributed by atoms with van der Waals surface area (Å²) in [7, 11) is 1.39. The fraction of sp³-hybridized carbons (Fsp3) is 0.400. The van der Waals surface area contributed by atoms with Gasteiger partial charge in [-0.2, -0.15) is 0 Å². The lowest BCUT2D eigenvalue weighted by molar-refractivity contribution is -0.145. The molecule has 2 unspecified atom stereocenters. The average molecular weight is 453 g/mol. The third-order valence-corrected chi connectivity index (χ3v) is 6.52. The number of rotatable bonds is 9. The van der Waals surface area contributed by atoms with Crippen LogP contribution < -0.4 is 10.6 Å². The normalized spacial score (nSPS) is 20.2. The Balaban J connectivity index is 1.25. The van der Waals surface area contributed by atoms with Gasteiger partial charge in [-0.1, -0.05) is 48.5 Å². The van der Waals surface area contributed by atoms with Crippen molar-refractivity contribution in [1.29, 1.82) is 0 Å². The maximum absolute atomic E-state index is 12.4. The number of alkyl carbamates (subject to hydrolysis) is 1. The molecular formula is C25H28N2O6. The predicted molar refractivity (Wildman–Crippen MR) is 121 cm³/mol. The van der Waals surface area contributed by atoms with Crippen molar-refractivity contribution in [3.63, 3.8) is 0 Å². The zero-order valence-electron chi connectivity index (χ0n) is 18.6. The third kappa shape index (κ3) is 4.85. The minimum absolute atomic E-state index is 0.0154. The lowest BCUT2D eigenvalue weighted by atomic mass is 9.98. The Morgan fingerprint density at radius 2 is 1.67 bits per heavy atom. The van der Waals surface area contributed by atoms with Crippen LogP contribution in [0, 0.1) is 11.8 Å². The summed E-state index contributed by atoms with van der Waals surface area (Å²) in [5.41, 5.74) is 4.61. The summed E-state index contributed by atoms with van der Waals surface area (Å²) in [5.74, 6) is -1.88. The number of aliphatic carboxylic acids is 1. The molecule has 4 atom stereocenters. The van der Waals surface area contributed by atoms with Crippen LogP contribution in [0.5, 0.6) is 0 Å². The van der Waals surface area contributed by atoms with Gasteiger partial charge < -0.3 is 25.2 Å². The molecule has 0 bridgehead atoms. The third-order valence-electron chi connectivity index (χ3n) is 6.52. The SMILES string of the molecule is COC(C)C(NC(=O)[C@@H]1C[C@@H]1CNC(=O)OCC1c2ccccc2-c2ccccc21)C(=O)O. The van der Waals surface area contributed by atoms with Crippen molar-refractivity contribution in [3.05, 3.63) is 59.7 Å². The summed E-state index contributed by atoms with van der Waals surface area (Å²) in [6.45, 7) is 2.11. The van der Waals surface area contributed by atoms with E-state index in [1.54, 1.807) is 6.92 Å². The second-order valence-corrected chi connectivity index (χ2v) is 8.57. The minimum atomic E-state index is -1.15. The molecule has 2 amide bonds. The van der Waals surface area contributed by atoms with Gasteiger partial charge in [0.1, 0.15) is 6.61 Å². The van der Waals surface area contributed by atoms with E-state index in [0.29, 0.717) is 13.0 Å². The molecule has 3 N–H and O–H groups in total. The first-order valence-electron chi connectivity index (χ1n) is 11.1. The highest BCUT2D eigenvalue weighted by molar-refractivity contribution is 5.87. The Kier molecular flexibility index (Phi) is 6.65. The molecule has 2 aromatic rings. The molecule has 1 saturated carbocycles. The molecule has 4 rings (SSSR count). The molecule has 33 heavy (non-hydrogen) atoms. The number of hydrogen-bond donors (Lipinski definition) is 3. The van der Waals surface area contributed by atoms with E-state index in [-0.39, 0.29) is 30.3 Å². The standard InChI is InChI=1S/C25H28N2O6/c1-14(32-2)22(24(29)30)27-23(28)20-11-15(20)12-26-25(31)33-13-21-18-9-5-3-7-16(18)17-8-4-6-10-19(17)21/h3-10,14-15,20-22H,11-13H2,1-2H3,(H,26,31)(H,27,28)(H,29,30)/t14?,15-,20-,22?/m1/s1. The first-order valence-corrected chi connectivity index (χ1v) is 11.1. The van der Waals surface area contributed by atoms with Crippen LogP contribution in [0.2, 0.25) is 0 Å².